The molecule has 0 spiro atoms. The Morgan fingerprint density at radius 3 is 2.68 bits per heavy atom. The van der Waals surface area contributed by atoms with Gasteiger partial charge in [0.05, 0.1) is 9.92 Å². The van der Waals surface area contributed by atoms with Crippen LogP contribution < -0.4 is 10.0 Å². The summed E-state index contributed by atoms with van der Waals surface area (Å²) in [7, 11) is -3.62. The molecule has 0 unspecified atom stereocenters. The maximum absolute atomic E-state index is 13.0. The van der Waals surface area contributed by atoms with Crippen LogP contribution in [0.5, 0.6) is 0 Å². The second-order valence-electron chi connectivity index (χ2n) is 4.62. The molecule has 0 saturated carbocycles. The summed E-state index contributed by atoms with van der Waals surface area (Å²) in [6.07, 6.45) is 1.90. The van der Waals surface area contributed by atoms with Crippen LogP contribution in [0.1, 0.15) is 12.8 Å². The van der Waals surface area contributed by atoms with E-state index < -0.39 is 15.8 Å². The van der Waals surface area contributed by atoms with E-state index in [0.717, 1.165) is 38.1 Å². The van der Waals surface area contributed by atoms with E-state index in [4.69, 9.17) is 11.6 Å². The summed E-state index contributed by atoms with van der Waals surface area (Å²) < 4.78 is 39.6. The molecular formula is C12H16ClFN2O2S. The van der Waals surface area contributed by atoms with Crippen molar-refractivity contribution in [2.24, 2.45) is 5.92 Å². The van der Waals surface area contributed by atoms with Crippen molar-refractivity contribution in [3.8, 4) is 0 Å². The standard InChI is InChI=1S/C12H16ClFN2O2S/c13-11-7-10(1-2-12(11)14)19(17,18)16-8-9-3-5-15-6-4-9/h1-2,7,9,15-16H,3-6,8H2. The van der Waals surface area contributed by atoms with E-state index in [1.165, 1.54) is 6.07 Å². The van der Waals surface area contributed by atoms with E-state index in [1.807, 2.05) is 0 Å². The van der Waals surface area contributed by atoms with Gasteiger partial charge in [0.15, 0.2) is 0 Å². The van der Waals surface area contributed by atoms with Gasteiger partial charge in [0.25, 0.3) is 0 Å². The van der Waals surface area contributed by atoms with Crippen molar-refractivity contribution in [1.29, 1.82) is 0 Å². The molecule has 4 nitrogen and oxygen atoms in total. The van der Waals surface area contributed by atoms with Crippen molar-refractivity contribution in [2.45, 2.75) is 17.7 Å². The molecule has 19 heavy (non-hydrogen) atoms. The minimum absolute atomic E-state index is 0.00663. The van der Waals surface area contributed by atoms with E-state index in [1.54, 1.807) is 0 Å². The number of nitrogens with one attached hydrogen (secondary N) is 2. The van der Waals surface area contributed by atoms with Gasteiger partial charge in [-0.15, -0.1) is 0 Å². The lowest BCUT2D eigenvalue weighted by molar-refractivity contribution is 0.372. The number of halogens is 2. The zero-order valence-corrected chi connectivity index (χ0v) is 11.9. The highest BCUT2D eigenvalue weighted by atomic mass is 35.5. The van der Waals surface area contributed by atoms with Crippen LogP contribution in [0, 0.1) is 11.7 Å². The highest BCUT2D eigenvalue weighted by Gasteiger charge is 2.19. The van der Waals surface area contributed by atoms with Gasteiger partial charge in [-0.2, -0.15) is 0 Å². The van der Waals surface area contributed by atoms with Gasteiger partial charge < -0.3 is 5.32 Å². The molecule has 0 aromatic heterocycles. The summed E-state index contributed by atoms with van der Waals surface area (Å²) >= 11 is 5.59. The van der Waals surface area contributed by atoms with Crippen LogP contribution >= 0.6 is 11.6 Å². The molecule has 1 saturated heterocycles. The molecule has 1 fully saturated rings. The first-order valence-corrected chi connectivity index (χ1v) is 8.00. The first-order valence-electron chi connectivity index (χ1n) is 6.14. The van der Waals surface area contributed by atoms with Crippen LogP contribution in [-0.2, 0) is 10.0 Å². The van der Waals surface area contributed by atoms with Crippen LogP contribution in [0.15, 0.2) is 23.1 Å². The lowest BCUT2D eigenvalue weighted by Gasteiger charge is -2.22. The van der Waals surface area contributed by atoms with Crippen molar-refractivity contribution in [2.75, 3.05) is 19.6 Å². The van der Waals surface area contributed by atoms with E-state index in [9.17, 15) is 12.8 Å². The smallest absolute Gasteiger partial charge is 0.240 e. The largest absolute Gasteiger partial charge is 0.317 e. The second kappa shape index (κ2) is 6.17. The van der Waals surface area contributed by atoms with Crippen molar-refractivity contribution >= 4 is 21.6 Å². The van der Waals surface area contributed by atoms with Gasteiger partial charge in [0, 0.05) is 6.54 Å². The SMILES string of the molecule is O=S(=O)(NCC1CCNCC1)c1ccc(F)c(Cl)c1. The summed E-state index contributed by atoms with van der Waals surface area (Å²) in [6, 6.07) is 3.40. The van der Waals surface area contributed by atoms with Gasteiger partial charge in [-0.25, -0.2) is 17.5 Å². The lowest BCUT2D eigenvalue weighted by atomic mass is 9.99. The van der Waals surface area contributed by atoms with Crippen molar-refractivity contribution in [3.63, 3.8) is 0 Å². The molecule has 0 bridgehead atoms. The summed E-state index contributed by atoms with van der Waals surface area (Å²) in [4.78, 5) is -0.00663. The maximum Gasteiger partial charge on any atom is 0.240 e. The number of hydrogen-bond acceptors (Lipinski definition) is 3. The first kappa shape index (κ1) is 14.7. The molecule has 2 N–H and O–H groups in total. The average Bonchev–Trinajstić information content (AvgIpc) is 2.41. The number of sulfonamides is 1. The Kier molecular flexibility index (Phi) is 4.78. The fourth-order valence-electron chi connectivity index (χ4n) is 2.04. The molecule has 0 amide bonds. The zero-order valence-electron chi connectivity index (χ0n) is 10.3. The van der Waals surface area contributed by atoms with Crippen LogP contribution in [0.3, 0.4) is 0 Å². The third-order valence-corrected chi connectivity index (χ3v) is 4.93. The normalized spacial score (nSPS) is 17.6. The molecule has 1 heterocycles. The maximum atomic E-state index is 13.0. The number of piperidine rings is 1. The summed E-state index contributed by atoms with van der Waals surface area (Å²) in [5.41, 5.74) is 0. The molecule has 2 rings (SSSR count). The summed E-state index contributed by atoms with van der Waals surface area (Å²) in [5.74, 6) is -0.286. The van der Waals surface area contributed by atoms with E-state index in [-0.39, 0.29) is 9.92 Å². The highest BCUT2D eigenvalue weighted by Crippen LogP contribution is 2.19. The van der Waals surface area contributed by atoms with E-state index in [0.29, 0.717) is 12.5 Å². The molecule has 0 aliphatic carbocycles. The molecule has 1 aliphatic heterocycles. The fourth-order valence-corrected chi connectivity index (χ4v) is 3.43. The molecular weight excluding hydrogens is 291 g/mol. The third kappa shape index (κ3) is 3.89. The summed E-state index contributed by atoms with van der Waals surface area (Å²) in [5, 5.41) is 3.03. The van der Waals surface area contributed by atoms with Crippen LogP contribution in [-0.4, -0.2) is 28.1 Å². The predicted octanol–water partition coefficient (Wildman–Crippen LogP) is 1.76. The minimum atomic E-state index is -3.62. The topological polar surface area (TPSA) is 58.2 Å². The highest BCUT2D eigenvalue weighted by molar-refractivity contribution is 7.89. The van der Waals surface area contributed by atoms with Crippen LogP contribution in [0.25, 0.3) is 0 Å². The minimum Gasteiger partial charge on any atom is -0.317 e. The molecule has 106 valence electrons. The summed E-state index contributed by atoms with van der Waals surface area (Å²) in [6.45, 7) is 2.22. The predicted molar refractivity (Wildman–Crippen MR) is 72.2 cm³/mol. The van der Waals surface area contributed by atoms with Gasteiger partial charge in [-0.1, -0.05) is 11.6 Å². The Bertz CT molecular complexity index is 545. The first-order chi connectivity index (χ1) is 8.99. The number of benzene rings is 1. The van der Waals surface area contributed by atoms with Crippen molar-refractivity contribution in [1.82, 2.24) is 10.0 Å². The molecule has 1 aromatic rings. The Morgan fingerprint density at radius 2 is 2.05 bits per heavy atom. The number of rotatable bonds is 4. The monoisotopic (exact) mass is 306 g/mol. The Morgan fingerprint density at radius 1 is 1.37 bits per heavy atom. The van der Waals surface area contributed by atoms with Crippen LogP contribution in [0.2, 0.25) is 5.02 Å². The van der Waals surface area contributed by atoms with Gasteiger partial charge in [0.2, 0.25) is 10.0 Å². The van der Waals surface area contributed by atoms with Gasteiger partial charge in [-0.05, 0) is 50.0 Å². The molecule has 0 atom stereocenters. The van der Waals surface area contributed by atoms with Gasteiger partial charge >= 0.3 is 0 Å². The van der Waals surface area contributed by atoms with E-state index in [2.05, 4.69) is 10.0 Å². The Labute approximate surface area is 117 Å². The molecule has 7 heteroatoms. The average molecular weight is 307 g/mol. The van der Waals surface area contributed by atoms with Crippen LogP contribution in [0.4, 0.5) is 4.39 Å². The molecule has 1 aromatic carbocycles. The van der Waals surface area contributed by atoms with Crippen molar-refractivity contribution < 1.29 is 12.8 Å². The Hall–Kier alpha value is -0.690. The lowest BCUT2D eigenvalue weighted by Crippen LogP contribution is -2.35. The quantitative estimate of drug-likeness (QED) is 0.891. The molecule has 0 radical (unpaired) electrons. The van der Waals surface area contributed by atoms with Gasteiger partial charge in [0.1, 0.15) is 5.82 Å². The Balaban J connectivity index is 2.02. The zero-order chi connectivity index (χ0) is 13.9. The number of hydrogen-bond donors (Lipinski definition) is 2. The fraction of sp³-hybridized carbons (Fsp3) is 0.500. The van der Waals surface area contributed by atoms with E-state index >= 15 is 0 Å². The second-order valence-corrected chi connectivity index (χ2v) is 6.80. The molecule has 1 aliphatic rings. The van der Waals surface area contributed by atoms with Gasteiger partial charge in [-0.3, -0.25) is 0 Å². The van der Waals surface area contributed by atoms with Crippen molar-refractivity contribution in [3.05, 3.63) is 29.0 Å². The third-order valence-electron chi connectivity index (χ3n) is 3.22.